The Morgan fingerprint density at radius 1 is 1.50 bits per heavy atom. The summed E-state index contributed by atoms with van der Waals surface area (Å²) in [6, 6.07) is 4.20. The first kappa shape index (κ1) is 15.1. The molecule has 1 aliphatic rings. The first-order chi connectivity index (χ1) is 9.60. The number of amides is 1. The summed E-state index contributed by atoms with van der Waals surface area (Å²) >= 11 is 0. The van der Waals surface area contributed by atoms with Crippen LogP contribution in [0.5, 0.6) is 0 Å². The number of rotatable bonds is 8. The van der Waals surface area contributed by atoms with Crippen LogP contribution in [0.4, 0.5) is 0 Å². The van der Waals surface area contributed by atoms with Crippen LogP contribution in [0.3, 0.4) is 0 Å². The molecule has 4 heteroatoms. The lowest BCUT2D eigenvalue weighted by Gasteiger charge is -2.24. The van der Waals surface area contributed by atoms with Gasteiger partial charge in [0.05, 0.1) is 12.8 Å². The second-order valence-corrected chi connectivity index (χ2v) is 6.27. The molecule has 1 fully saturated rings. The van der Waals surface area contributed by atoms with Gasteiger partial charge in [0.2, 0.25) is 5.91 Å². The third-order valence-electron chi connectivity index (χ3n) is 3.82. The van der Waals surface area contributed by atoms with Gasteiger partial charge in [-0.3, -0.25) is 4.79 Å². The standard InChI is InChI=1S/C16H26N2O2/c1-12(2)8-13(10-17)9-16(19)18(14-5-6-14)11-15-4-3-7-20-15/h3-4,7,12-14H,5-6,8-11,17H2,1-2H3. The molecule has 1 amide bonds. The largest absolute Gasteiger partial charge is 0.467 e. The minimum Gasteiger partial charge on any atom is -0.467 e. The monoisotopic (exact) mass is 278 g/mol. The van der Waals surface area contributed by atoms with E-state index in [1.807, 2.05) is 17.0 Å². The Kier molecular flexibility index (Phi) is 5.24. The molecular formula is C16H26N2O2. The lowest BCUT2D eigenvalue weighted by Crippen LogP contribution is -2.35. The van der Waals surface area contributed by atoms with E-state index in [-0.39, 0.29) is 5.91 Å². The average molecular weight is 278 g/mol. The third kappa shape index (κ3) is 4.37. The fraction of sp³-hybridized carbons (Fsp3) is 0.688. The predicted octanol–water partition coefficient (Wildman–Crippen LogP) is 2.78. The molecular weight excluding hydrogens is 252 g/mol. The maximum atomic E-state index is 12.5. The molecule has 1 aromatic heterocycles. The summed E-state index contributed by atoms with van der Waals surface area (Å²) in [5.74, 6) is 1.95. The van der Waals surface area contributed by atoms with Crippen molar-refractivity contribution >= 4 is 5.91 Å². The predicted molar refractivity (Wildman–Crippen MR) is 78.9 cm³/mol. The maximum absolute atomic E-state index is 12.5. The van der Waals surface area contributed by atoms with Gasteiger partial charge in [0.25, 0.3) is 0 Å². The van der Waals surface area contributed by atoms with Crippen molar-refractivity contribution in [2.45, 2.75) is 52.1 Å². The smallest absolute Gasteiger partial charge is 0.223 e. The van der Waals surface area contributed by atoms with E-state index in [1.165, 1.54) is 0 Å². The van der Waals surface area contributed by atoms with Crippen LogP contribution in [0, 0.1) is 11.8 Å². The molecule has 20 heavy (non-hydrogen) atoms. The van der Waals surface area contributed by atoms with Crippen LogP contribution < -0.4 is 5.73 Å². The van der Waals surface area contributed by atoms with Gasteiger partial charge in [0, 0.05) is 12.5 Å². The number of nitrogens with two attached hydrogens (primary N) is 1. The van der Waals surface area contributed by atoms with Crippen molar-refractivity contribution in [3.8, 4) is 0 Å². The van der Waals surface area contributed by atoms with E-state index < -0.39 is 0 Å². The molecule has 112 valence electrons. The molecule has 1 atom stereocenters. The van der Waals surface area contributed by atoms with Crippen LogP contribution in [0.2, 0.25) is 0 Å². The van der Waals surface area contributed by atoms with E-state index >= 15 is 0 Å². The Balaban J connectivity index is 1.92. The topological polar surface area (TPSA) is 59.5 Å². The Hall–Kier alpha value is -1.29. The second kappa shape index (κ2) is 6.93. The highest BCUT2D eigenvalue weighted by Crippen LogP contribution is 2.30. The van der Waals surface area contributed by atoms with Crippen molar-refractivity contribution in [1.29, 1.82) is 0 Å². The SMILES string of the molecule is CC(C)CC(CN)CC(=O)N(Cc1ccco1)C1CC1. The van der Waals surface area contributed by atoms with Crippen LogP contribution in [0.25, 0.3) is 0 Å². The van der Waals surface area contributed by atoms with Gasteiger partial charge in [-0.15, -0.1) is 0 Å². The molecule has 0 aromatic carbocycles. The fourth-order valence-electron chi connectivity index (χ4n) is 2.67. The quantitative estimate of drug-likeness (QED) is 0.795. The first-order valence-corrected chi connectivity index (χ1v) is 7.62. The maximum Gasteiger partial charge on any atom is 0.223 e. The molecule has 2 N–H and O–H groups in total. The number of hydrogen-bond donors (Lipinski definition) is 1. The van der Waals surface area contributed by atoms with Crippen molar-refractivity contribution in [1.82, 2.24) is 4.90 Å². The molecule has 1 aliphatic carbocycles. The summed E-state index contributed by atoms with van der Waals surface area (Å²) in [4.78, 5) is 14.5. The summed E-state index contributed by atoms with van der Waals surface area (Å²) in [5, 5.41) is 0. The molecule has 0 spiro atoms. The first-order valence-electron chi connectivity index (χ1n) is 7.62. The van der Waals surface area contributed by atoms with Crippen LogP contribution in [-0.2, 0) is 11.3 Å². The molecule has 0 bridgehead atoms. The van der Waals surface area contributed by atoms with Gasteiger partial charge in [-0.25, -0.2) is 0 Å². The highest BCUT2D eigenvalue weighted by Gasteiger charge is 2.33. The van der Waals surface area contributed by atoms with Gasteiger partial charge in [0.15, 0.2) is 0 Å². The third-order valence-corrected chi connectivity index (χ3v) is 3.82. The lowest BCUT2D eigenvalue weighted by molar-refractivity contribution is -0.133. The average Bonchev–Trinajstić information content (AvgIpc) is 3.11. The van der Waals surface area contributed by atoms with Crippen molar-refractivity contribution in [2.75, 3.05) is 6.54 Å². The van der Waals surface area contributed by atoms with Crippen molar-refractivity contribution < 1.29 is 9.21 Å². The van der Waals surface area contributed by atoms with E-state index in [4.69, 9.17) is 10.2 Å². The lowest BCUT2D eigenvalue weighted by atomic mass is 9.93. The number of hydrogen-bond acceptors (Lipinski definition) is 3. The molecule has 1 saturated carbocycles. The van der Waals surface area contributed by atoms with Gasteiger partial charge in [-0.05, 0) is 49.8 Å². The van der Waals surface area contributed by atoms with Crippen LogP contribution in [0.15, 0.2) is 22.8 Å². The zero-order valence-corrected chi connectivity index (χ0v) is 12.5. The zero-order valence-electron chi connectivity index (χ0n) is 12.5. The van der Waals surface area contributed by atoms with Gasteiger partial charge < -0.3 is 15.1 Å². The molecule has 1 unspecified atom stereocenters. The van der Waals surface area contributed by atoms with Crippen LogP contribution in [0.1, 0.15) is 45.3 Å². The van der Waals surface area contributed by atoms with E-state index in [0.717, 1.165) is 25.0 Å². The zero-order chi connectivity index (χ0) is 14.5. The number of carbonyl (C=O) groups is 1. The summed E-state index contributed by atoms with van der Waals surface area (Å²) in [6.07, 6.45) is 5.47. The van der Waals surface area contributed by atoms with Crippen LogP contribution in [-0.4, -0.2) is 23.4 Å². The summed E-state index contributed by atoms with van der Waals surface area (Å²) in [6.45, 7) is 5.53. The van der Waals surface area contributed by atoms with Crippen LogP contribution >= 0.6 is 0 Å². The molecule has 1 heterocycles. The van der Waals surface area contributed by atoms with Gasteiger partial charge in [-0.1, -0.05) is 13.8 Å². The van der Waals surface area contributed by atoms with E-state index in [0.29, 0.717) is 37.4 Å². The van der Waals surface area contributed by atoms with Gasteiger partial charge >= 0.3 is 0 Å². The van der Waals surface area contributed by atoms with E-state index in [2.05, 4.69) is 13.8 Å². The van der Waals surface area contributed by atoms with E-state index in [9.17, 15) is 4.79 Å². The van der Waals surface area contributed by atoms with Gasteiger partial charge in [0.1, 0.15) is 5.76 Å². The number of furan rings is 1. The Labute approximate surface area is 121 Å². The molecule has 1 aromatic rings. The summed E-state index contributed by atoms with van der Waals surface area (Å²) in [5.41, 5.74) is 5.81. The summed E-state index contributed by atoms with van der Waals surface area (Å²) in [7, 11) is 0. The normalized spacial score (nSPS) is 16.4. The van der Waals surface area contributed by atoms with Gasteiger partial charge in [-0.2, -0.15) is 0 Å². The highest BCUT2D eigenvalue weighted by molar-refractivity contribution is 5.77. The second-order valence-electron chi connectivity index (χ2n) is 6.27. The van der Waals surface area contributed by atoms with E-state index in [1.54, 1.807) is 6.26 Å². The van der Waals surface area contributed by atoms with Crippen molar-refractivity contribution in [2.24, 2.45) is 17.6 Å². The van der Waals surface area contributed by atoms with Crippen molar-refractivity contribution in [3.63, 3.8) is 0 Å². The molecule has 0 saturated heterocycles. The number of carbonyl (C=O) groups excluding carboxylic acids is 1. The fourth-order valence-corrected chi connectivity index (χ4v) is 2.67. The molecule has 0 radical (unpaired) electrons. The molecule has 4 nitrogen and oxygen atoms in total. The minimum absolute atomic E-state index is 0.222. The Morgan fingerprint density at radius 3 is 2.75 bits per heavy atom. The van der Waals surface area contributed by atoms with Crippen molar-refractivity contribution in [3.05, 3.63) is 24.2 Å². The Morgan fingerprint density at radius 2 is 2.25 bits per heavy atom. The molecule has 2 rings (SSSR count). The highest BCUT2D eigenvalue weighted by atomic mass is 16.3. The number of nitrogens with zero attached hydrogens (tertiary/aromatic N) is 1. The summed E-state index contributed by atoms with van der Waals surface area (Å²) < 4.78 is 5.37. The Bertz CT molecular complexity index is 410. The molecule has 0 aliphatic heterocycles. The minimum atomic E-state index is 0.222.